The molecule has 0 aromatic heterocycles. The van der Waals surface area contributed by atoms with Crippen molar-refractivity contribution in [1.82, 2.24) is 0 Å². The van der Waals surface area contributed by atoms with E-state index in [0.29, 0.717) is 6.54 Å². The first-order chi connectivity index (χ1) is 8.74. The molecular weight excluding hydrogens is 250 g/mol. The van der Waals surface area contributed by atoms with Gasteiger partial charge in [-0.1, -0.05) is 30.8 Å². The minimum absolute atomic E-state index is 0.615. The zero-order chi connectivity index (χ0) is 13.7. The molecule has 0 N–H and O–H groups in total. The summed E-state index contributed by atoms with van der Waals surface area (Å²) >= 11 is 0. The second-order valence-corrected chi connectivity index (χ2v) is 7.21. The van der Waals surface area contributed by atoms with Crippen molar-refractivity contribution in [3.63, 3.8) is 0 Å². The van der Waals surface area contributed by atoms with E-state index in [1.54, 1.807) is 21.3 Å². The van der Waals surface area contributed by atoms with Gasteiger partial charge in [0.2, 0.25) is 0 Å². The van der Waals surface area contributed by atoms with Gasteiger partial charge < -0.3 is 13.3 Å². The van der Waals surface area contributed by atoms with Gasteiger partial charge in [0, 0.05) is 38.8 Å². The van der Waals surface area contributed by atoms with E-state index in [1.165, 1.54) is 12.8 Å². The minimum atomic E-state index is -2.36. The van der Waals surface area contributed by atoms with Crippen LogP contribution in [0, 0.1) is 0 Å². The van der Waals surface area contributed by atoms with Crippen LogP contribution in [0.1, 0.15) is 38.5 Å². The standard InChI is InChI=1S/C11H25N3O3Si/c1-15-18(16-2,17-3)11-9-7-5-4-6-8-10-13-14-12/h4-11H2,1-3H3. The van der Waals surface area contributed by atoms with Gasteiger partial charge in [0.25, 0.3) is 0 Å². The first-order valence-corrected chi connectivity index (χ1v) is 8.34. The predicted octanol–water partition coefficient (Wildman–Crippen LogP) is 3.52. The van der Waals surface area contributed by atoms with E-state index >= 15 is 0 Å². The van der Waals surface area contributed by atoms with Crippen LogP contribution in [0.5, 0.6) is 0 Å². The quantitative estimate of drug-likeness (QED) is 0.180. The maximum Gasteiger partial charge on any atom is 0.500 e. The van der Waals surface area contributed by atoms with Crippen molar-refractivity contribution >= 4 is 8.80 Å². The fourth-order valence-electron chi connectivity index (χ4n) is 1.83. The Morgan fingerprint density at radius 1 is 0.889 bits per heavy atom. The highest BCUT2D eigenvalue weighted by molar-refractivity contribution is 6.60. The zero-order valence-corrected chi connectivity index (χ0v) is 12.7. The molecule has 0 saturated heterocycles. The Hall–Kier alpha value is -0.593. The molecule has 0 aliphatic heterocycles. The summed E-state index contributed by atoms with van der Waals surface area (Å²) in [7, 11) is 2.58. The molecule has 0 bridgehead atoms. The number of unbranched alkanes of at least 4 members (excludes halogenated alkanes) is 5. The van der Waals surface area contributed by atoms with Crippen LogP contribution in [0.15, 0.2) is 5.11 Å². The average molecular weight is 275 g/mol. The fraction of sp³-hybridized carbons (Fsp3) is 1.00. The lowest BCUT2D eigenvalue weighted by Crippen LogP contribution is -2.42. The third-order valence-corrected chi connectivity index (χ3v) is 5.82. The number of azide groups is 1. The Kier molecular flexibility index (Phi) is 11.1. The van der Waals surface area contributed by atoms with E-state index in [0.717, 1.165) is 31.7 Å². The molecular formula is C11H25N3O3Si. The third-order valence-electron chi connectivity index (χ3n) is 2.99. The third kappa shape index (κ3) is 7.68. The molecule has 0 aromatic carbocycles. The summed E-state index contributed by atoms with van der Waals surface area (Å²) in [5.74, 6) is 0. The van der Waals surface area contributed by atoms with Crippen molar-refractivity contribution in [2.45, 2.75) is 44.6 Å². The Morgan fingerprint density at radius 2 is 1.39 bits per heavy atom. The predicted molar refractivity (Wildman–Crippen MR) is 73.3 cm³/mol. The van der Waals surface area contributed by atoms with Gasteiger partial charge in [0.15, 0.2) is 0 Å². The molecule has 0 atom stereocenters. The SMILES string of the molecule is CO[Si](CCCCCCCCN=[N+]=[N-])(OC)OC. The second kappa shape index (κ2) is 11.5. The number of nitrogens with zero attached hydrogens (tertiary/aromatic N) is 3. The summed E-state index contributed by atoms with van der Waals surface area (Å²) in [4.78, 5) is 2.73. The van der Waals surface area contributed by atoms with Gasteiger partial charge in [-0.3, -0.25) is 0 Å². The molecule has 0 unspecified atom stereocenters. The monoisotopic (exact) mass is 275 g/mol. The molecule has 0 rings (SSSR count). The molecule has 0 radical (unpaired) electrons. The second-order valence-electron chi connectivity index (χ2n) is 4.12. The summed E-state index contributed by atoms with van der Waals surface area (Å²) in [6.07, 6.45) is 6.71. The number of hydrogen-bond acceptors (Lipinski definition) is 4. The summed E-state index contributed by atoms with van der Waals surface area (Å²) in [5.41, 5.74) is 8.11. The minimum Gasteiger partial charge on any atom is -0.377 e. The lowest BCUT2D eigenvalue weighted by molar-refractivity contribution is 0.122. The molecule has 0 heterocycles. The van der Waals surface area contributed by atoms with E-state index in [2.05, 4.69) is 10.0 Å². The van der Waals surface area contributed by atoms with Gasteiger partial charge in [-0.05, 0) is 18.4 Å². The maximum absolute atomic E-state index is 8.11. The molecule has 6 nitrogen and oxygen atoms in total. The fourth-order valence-corrected chi connectivity index (χ4v) is 3.63. The highest BCUT2D eigenvalue weighted by Gasteiger charge is 2.36. The van der Waals surface area contributed by atoms with Crippen molar-refractivity contribution in [3.8, 4) is 0 Å². The molecule has 0 saturated carbocycles. The normalized spacial score (nSPS) is 11.3. The molecule has 7 heteroatoms. The summed E-state index contributed by atoms with van der Waals surface area (Å²) in [5, 5.41) is 3.51. The van der Waals surface area contributed by atoms with E-state index in [9.17, 15) is 0 Å². The average Bonchev–Trinajstić information content (AvgIpc) is 2.42. The highest BCUT2D eigenvalue weighted by atomic mass is 28.4. The molecule has 106 valence electrons. The summed E-state index contributed by atoms with van der Waals surface area (Å²) < 4.78 is 16.1. The Balaban J connectivity index is 3.46. The summed E-state index contributed by atoms with van der Waals surface area (Å²) in [6.45, 7) is 0.615. The number of rotatable bonds is 12. The van der Waals surface area contributed by atoms with Crippen molar-refractivity contribution in [3.05, 3.63) is 10.4 Å². The smallest absolute Gasteiger partial charge is 0.377 e. The molecule has 0 spiro atoms. The van der Waals surface area contributed by atoms with Crippen molar-refractivity contribution in [2.75, 3.05) is 27.9 Å². The molecule has 0 aromatic rings. The van der Waals surface area contributed by atoms with Gasteiger partial charge in [-0.15, -0.1) is 0 Å². The van der Waals surface area contributed by atoms with Crippen molar-refractivity contribution in [2.24, 2.45) is 5.11 Å². The lowest BCUT2D eigenvalue weighted by atomic mass is 10.1. The maximum atomic E-state index is 8.11. The van der Waals surface area contributed by atoms with Crippen LogP contribution in [0.2, 0.25) is 6.04 Å². The Morgan fingerprint density at radius 3 is 1.89 bits per heavy atom. The first-order valence-electron chi connectivity index (χ1n) is 6.41. The van der Waals surface area contributed by atoms with E-state index in [-0.39, 0.29) is 0 Å². The zero-order valence-electron chi connectivity index (χ0n) is 11.7. The van der Waals surface area contributed by atoms with Crippen molar-refractivity contribution < 1.29 is 13.3 Å². The van der Waals surface area contributed by atoms with Crippen LogP contribution in [0.25, 0.3) is 10.4 Å². The van der Waals surface area contributed by atoms with Crippen LogP contribution in [0.3, 0.4) is 0 Å². The van der Waals surface area contributed by atoms with Crippen LogP contribution in [-0.2, 0) is 13.3 Å². The molecule has 0 amide bonds. The number of hydrogen-bond donors (Lipinski definition) is 0. The van der Waals surface area contributed by atoms with Crippen molar-refractivity contribution in [1.29, 1.82) is 0 Å². The van der Waals surface area contributed by atoms with Crippen LogP contribution >= 0.6 is 0 Å². The Bertz CT molecular complexity index is 235. The first kappa shape index (κ1) is 17.4. The molecule has 0 aliphatic carbocycles. The van der Waals surface area contributed by atoms with Crippen LogP contribution in [0.4, 0.5) is 0 Å². The van der Waals surface area contributed by atoms with Crippen LogP contribution in [-0.4, -0.2) is 36.7 Å². The molecule has 0 aliphatic rings. The van der Waals surface area contributed by atoms with Gasteiger partial charge in [0.1, 0.15) is 0 Å². The Labute approximate surface area is 111 Å². The van der Waals surface area contributed by atoms with Gasteiger partial charge in [-0.25, -0.2) is 0 Å². The van der Waals surface area contributed by atoms with Gasteiger partial charge in [0.05, 0.1) is 0 Å². The van der Waals surface area contributed by atoms with E-state index in [4.69, 9.17) is 18.8 Å². The topological polar surface area (TPSA) is 76.5 Å². The highest BCUT2D eigenvalue weighted by Crippen LogP contribution is 2.18. The van der Waals surface area contributed by atoms with E-state index < -0.39 is 8.80 Å². The molecule has 0 fully saturated rings. The summed E-state index contributed by atoms with van der Waals surface area (Å²) in [6, 6.07) is 0.870. The van der Waals surface area contributed by atoms with Crippen LogP contribution < -0.4 is 0 Å². The van der Waals surface area contributed by atoms with Gasteiger partial charge >= 0.3 is 8.80 Å². The van der Waals surface area contributed by atoms with E-state index in [1.807, 2.05) is 0 Å². The molecule has 18 heavy (non-hydrogen) atoms. The van der Waals surface area contributed by atoms with Gasteiger partial charge in [-0.2, -0.15) is 0 Å². The largest absolute Gasteiger partial charge is 0.500 e. The lowest BCUT2D eigenvalue weighted by Gasteiger charge is -2.24.